The maximum atomic E-state index is 13.5. The number of rotatable bonds is 7. The first kappa shape index (κ1) is 22.8. The van der Waals surface area contributed by atoms with Crippen LogP contribution in [0.3, 0.4) is 0 Å². The minimum Gasteiger partial charge on any atom is -0.468 e. The largest absolute Gasteiger partial charge is 0.468 e. The molecule has 0 aliphatic rings. The van der Waals surface area contributed by atoms with Gasteiger partial charge in [-0.25, -0.2) is 9.07 Å². The topological polar surface area (TPSA) is 74.0 Å². The number of hydrogen-bond donors (Lipinski definition) is 1. The molecule has 0 fully saturated rings. The van der Waals surface area contributed by atoms with Crippen LogP contribution < -0.4 is 10.1 Å². The highest BCUT2D eigenvalue weighted by atomic mass is 35.5. The van der Waals surface area contributed by atoms with Gasteiger partial charge in [-0.15, -0.1) is 0 Å². The Morgan fingerprint density at radius 3 is 2.55 bits per heavy atom. The monoisotopic (exact) mass is 487 g/mol. The molecule has 0 saturated heterocycles. The SMILES string of the molecule is Cc1nn(Cc2cccc(F)c2)c(C)c1NC(=O)c1ccn(COc2c(Cl)cccc2Cl)n1. The molecule has 0 saturated carbocycles. The van der Waals surface area contributed by atoms with Gasteiger partial charge in [0.15, 0.2) is 18.2 Å². The normalized spacial score (nSPS) is 10.9. The molecule has 2 aromatic carbocycles. The highest BCUT2D eigenvalue weighted by molar-refractivity contribution is 6.37. The highest BCUT2D eigenvalue weighted by Gasteiger charge is 2.17. The van der Waals surface area contributed by atoms with Crippen molar-refractivity contribution >= 4 is 34.8 Å². The molecule has 10 heteroatoms. The van der Waals surface area contributed by atoms with Gasteiger partial charge in [-0.2, -0.15) is 10.2 Å². The predicted molar refractivity (Wildman–Crippen MR) is 124 cm³/mol. The third-order valence-corrected chi connectivity index (χ3v) is 5.57. The number of benzene rings is 2. The zero-order valence-corrected chi connectivity index (χ0v) is 19.4. The van der Waals surface area contributed by atoms with Gasteiger partial charge in [0.25, 0.3) is 5.91 Å². The summed E-state index contributed by atoms with van der Waals surface area (Å²) in [6, 6.07) is 13.0. The van der Waals surface area contributed by atoms with Crippen molar-refractivity contribution in [3.05, 3.63) is 93.2 Å². The molecule has 0 unspecified atom stereocenters. The lowest BCUT2D eigenvalue weighted by Gasteiger charge is -2.09. The Bertz CT molecular complexity index is 1300. The van der Waals surface area contributed by atoms with Crippen LogP contribution >= 0.6 is 23.2 Å². The Hall–Kier alpha value is -3.36. The number of nitrogens with one attached hydrogen (secondary N) is 1. The maximum absolute atomic E-state index is 13.5. The Labute approximate surface area is 199 Å². The molecule has 4 rings (SSSR count). The second-order valence-electron chi connectivity index (χ2n) is 7.35. The van der Waals surface area contributed by atoms with E-state index in [1.165, 1.54) is 16.8 Å². The second kappa shape index (κ2) is 9.64. The van der Waals surface area contributed by atoms with Crippen molar-refractivity contribution < 1.29 is 13.9 Å². The maximum Gasteiger partial charge on any atom is 0.276 e. The van der Waals surface area contributed by atoms with Crippen molar-refractivity contribution in [3.63, 3.8) is 0 Å². The van der Waals surface area contributed by atoms with Crippen molar-refractivity contribution in [2.75, 3.05) is 5.32 Å². The number of aromatic nitrogens is 4. The van der Waals surface area contributed by atoms with E-state index >= 15 is 0 Å². The van der Waals surface area contributed by atoms with Crippen molar-refractivity contribution in [1.82, 2.24) is 19.6 Å². The lowest BCUT2D eigenvalue weighted by molar-refractivity contribution is 0.102. The standard InChI is InChI=1S/C23H20Cl2FN5O2/c1-14-21(15(2)31(28-14)12-16-5-3-6-17(26)11-16)27-23(32)20-9-10-30(29-20)13-33-22-18(24)7-4-8-19(22)25/h3-11H,12-13H2,1-2H3,(H,27,32). The fourth-order valence-corrected chi connectivity index (χ4v) is 3.83. The number of aryl methyl sites for hydroxylation is 1. The quantitative estimate of drug-likeness (QED) is 0.374. The zero-order valence-electron chi connectivity index (χ0n) is 17.8. The van der Waals surface area contributed by atoms with Crippen LogP contribution in [-0.4, -0.2) is 25.5 Å². The van der Waals surface area contributed by atoms with Gasteiger partial charge in [0.2, 0.25) is 0 Å². The Balaban J connectivity index is 1.44. The van der Waals surface area contributed by atoms with E-state index in [9.17, 15) is 9.18 Å². The van der Waals surface area contributed by atoms with Crippen LogP contribution in [-0.2, 0) is 13.3 Å². The van der Waals surface area contributed by atoms with E-state index in [0.717, 1.165) is 11.3 Å². The van der Waals surface area contributed by atoms with Crippen molar-refractivity contribution in [3.8, 4) is 5.75 Å². The number of para-hydroxylation sites is 1. The Morgan fingerprint density at radius 1 is 1.09 bits per heavy atom. The lowest BCUT2D eigenvalue weighted by Crippen LogP contribution is -2.15. The van der Waals surface area contributed by atoms with E-state index in [1.54, 1.807) is 48.1 Å². The smallest absolute Gasteiger partial charge is 0.276 e. The molecule has 1 N–H and O–H groups in total. The third kappa shape index (κ3) is 5.18. The minimum atomic E-state index is -0.388. The van der Waals surface area contributed by atoms with E-state index in [-0.39, 0.29) is 24.1 Å². The van der Waals surface area contributed by atoms with Crippen LogP contribution in [0.2, 0.25) is 10.0 Å². The van der Waals surface area contributed by atoms with Crippen LogP contribution in [0.5, 0.6) is 5.75 Å². The average Bonchev–Trinajstić information content (AvgIpc) is 3.34. The fraction of sp³-hybridized carbons (Fsp3) is 0.174. The molecule has 7 nitrogen and oxygen atoms in total. The molecule has 2 aromatic heterocycles. The number of hydrogen-bond acceptors (Lipinski definition) is 4. The molecule has 0 aliphatic carbocycles. The van der Waals surface area contributed by atoms with E-state index < -0.39 is 0 Å². The number of carbonyl (C=O) groups is 1. The predicted octanol–water partition coefficient (Wildman–Crippen LogP) is 5.48. The Morgan fingerprint density at radius 2 is 1.82 bits per heavy atom. The highest BCUT2D eigenvalue weighted by Crippen LogP contribution is 2.32. The number of carbonyl (C=O) groups excluding carboxylic acids is 1. The molecule has 1 amide bonds. The van der Waals surface area contributed by atoms with Crippen LogP contribution in [0.25, 0.3) is 0 Å². The molecule has 0 spiro atoms. The molecular formula is C23H20Cl2FN5O2. The summed E-state index contributed by atoms with van der Waals surface area (Å²) in [5.74, 6) is -0.348. The summed E-state index contributed by atoms with van der Waals surface area (Å²) >= 11 is 12.2. The number of nitrogens with zero attached hydrogens (tertiary/aromatic N) is 4. The minimum absolute atomic E-state index is 0.0281. The van der Waals surface area contributed by atoms with Gasteiger partial charge in [-0.05, 0) is 49.7 Å². The van der Waals surface area contributed by atoms with Gasteiger partial charge in [0.1, 0.15) is 5.82 Å². The molecular weight excluding hydrogens is 468 g/mol. The van der Waals surface area contributed by atoms with Crippen LogP contribution in [0.1, 0.15) is 27.4 Å². The lowest BCUT2D eigenvalue weighted by atomic mass is 10.2. The first-order valence-electron chi connectivity index (χ1n) is 10.0. The number of ether oxygens (including phenoxy) is 1. The fourth-order valence-electron chi connectivity index (χ4n) is 3.32. The summed E-state index contributed by atoms with van der Waals surface area (Å²) in [6.45, 7) is 4.05. The van der Waals surface area contributed by atoms with Gasteiger partial charge in [-0.3, -0.25) is 9.48 Å². The van der Waals surface area contributed by atoms with E-state index in [1.807, 2.05) is 13.0 Å². The molecule has 0 radical (unpaired) electrons. The van der Waals surface area contributed by atoms with Crippen LogP contribution in [0.15, 0.2) is 54.7 Å². The van der Waals surface area contributed by atoms with Gasteiger partial charge >= 0.3 is 0 Å². The molecule has 0 bridgehead atoms. The summed E-state index contributed by atoms with van der Waals surface area (Å²) < 4.78 is 22.3. The van der Waals surface area contributed by atoms with E-state index in [4.69, 9.17) is 27.9 Å². The van der Waals surface area contributed by atoms with Crippen LogP contribution in [0.4, 0.5) is 10.1 Å². The van der Waals surface area contributed by atoms with Gasteiger partial charge in [-0.1, -0.05) is 41.4 Å². The van der Waals surface area contributed by atoms with Gasteiger partial charge < -0.3 is 10.1 Å². The Kier molecular flexibility index (Phi) is 6.67. The third-order valence-electron chi connectivity index (χ3n) is 4.97. The number of anilines is 1. The first-order valence-corrected chi connectivity index (χ1v) is 10.8. The van der Waals surface area contributed by atoms with Crippen molar-refractivity contribution in [2.24, 2.45) is 0 Å². The summed E-state index contributed by atoms with van der Waals surface area (Å²) in [5.41, 5.74) is 2.97. The van der Waals surface area contributed by atoms with Crippen molar-refractivity contribution in [2.45, 2.75) is 27.1 Å². The van der Waals surface area contributed by atoms with Gasteiger partial charge in [0, 0.05) is 6.20 Å². The van der Waals surface area contributed by atoms with Crippen LogP contribution in [0, 0.1) is 19.7 Å². The summed E-state index contributed by atoms with van der Waals surface area (Å²) in [6.07, 6.45) is 1.62. The molecule has 33 heavy (non-hydrogen) atoms. The summed E-state index contributed by atoms with van der Waals surface area (Å²) in [5, 5.41) is 12.4. The number of amides is 1. The second-order valence-corrected chi connectivity index (χ2v) is 8.17. The summed E-state index contributed by atoms with van der Waals surface area (Å²) in [4.78, 5) is 12.8. The number of halogens is 3. The molecule has 0 aliphatic heterocycles. The first-order chi connectivity index (χ1) is 15.8. The summed E-state index contributed by atoms with van der Waals surface area (Å²) in [7, 11) is 0. The average molecular weight is 488 g/mol. The zero-order chi connectivity index (χ0) is 23.5. The van der Waals surface area contributed by atoms with Gasteiger partial charge in [0.05, 0.1) is 33.7 Å². The van der Waals surface area contributed by atoms with Crippen molar-refractivity contribution in [1.29, 1.82) is 0 Å². The molecule has 0 atom stereocenters. The van der Waals surface area contributed by atoms with E-state index in [0.29, 0.717) is 33.7 Å². The molecule has 2 heterocycles. The molecule has 4 aromatic rings. The molecule has 170 valence electrons. The van der Waals surface area contributed by atoms with E-state index in [2.05, 4.69) is 15.5 Å².